The van der Waals surface area contributed by atoms with E-state index in [1.807, 2.05) is 36.0 Å². The number of hydrogen-bond donors (Lipinski definition) is 0. The topological polar surface area (TPSA) is 29.3 Å². The van der Waals surface area contributed by atoms with E-state index in [9.17, 15) is 0 Å². The van der Waals surface area contributed by atoms with Crippen LogP contribution in [0.3, 0.4) is 0 Å². The summed E-state index contributed by atoms with van der Waals surface area (Å²) < 4.78 is 5.83. The molecule has 0 N–H and O–H groups in total. The fraction of sp³-hybridized carbons (Fsp3) is 0.462. The second kappa shape index (κ2) is 4.61. The van der Waals surface area contributed by atoms with Crippen LogP contribution in [0.4, 0.5) is 6.01 Å². The van der Waals surface area contributed by atoms with Crippen molar-refractivity contribution >= 4 is 28.9 Å². The zero-order valence-corrected chi connectivity index (χ0v) is 10.7. The molecule has 1 fully saturated rings. The molecule has 0 bridgehead atoms. The molecule has 90 valence electrons. The molecule has 2 aromatic rings. The maximum atomic E-state index is 5.83. The summed E-state index contributed by atoms with van der Waals surface area (Å²) in [5.74, 6) is 1.15. The molecule has 4 heteroatoms. The molecule has 1 aliphatic rings. The van der Waals surface area contributed by atoms with Crippen LogP contribution in [0.5, 0.6) is 0 Å². The number of thioether (sulfide) groups is 1. The maximum Gasteiger partial charge on any atom is 0.298 e. The summed E-state index contributed by atoms with van der Waals surface area (Å²) >= 11 is 1.89. The van der Waals surface area contributed by atoms with Gasteiger partial charge in [0.1, 0.15) is 5.52 Å². The molecule has 1 aromatic heterocycles. The molecule has 3 rings (SSSR count). The number of nitrogens with zero attached hydrogens (tertiary/aromatic N) is 2. The highest BCUT2D eigenvalue weighted by molar-refractivity contribution is 7.98. The Morgan fingerprint density at radius 1 is 1.47 bits per heavy atom. The second-order valence-corrected chi connectivity index (χ2v) is 5.32. The van der Waals surface area contributed by atoms with Crippen molar-refractivity contribution in [3.05, 3.63) is 24.3 Å². The number of anilines is 1. The smallest absolute Gasteiger partial charge is 0.298 e. The SMILES string of the molecule is CSCC1CCCN1c1nc2ccccc2o1. The minimum Gasteiger partial charge on any atom is -0.423 e. The van der Waals surface area contributed by atoms with Gasteiger partial charge in [0, 0.05) is 18.3 Å². The van der Waals surface area contributed by atoms with E-state index in [0.29, 0.717) is 6.04 Å². The molecule has 1 atom stereocenters. The van der Waals surface area contributed by atoms with Gasteiger partial charge >= 0.3 is 0 Å². The number of rotatable bonds is 3. The predicted molar refractivity (Wildman–Crippen MR) is 72.8 cm³/mol. The molecule has 2 heterocycles. The van der Waals surface area contributed by atoms with Gasteiger partial charge in [-0.3, -0.25) is 0 Å². The molecule has 1 aromatic carbocycles. The van der Waals surface area contributed by atoms with Crippen LogP contribution in [0.15, 0.2) is 28.7 Å². The number of para-hydroxylation sites is 2. The van der Waals surface area contributed by atoms with Gasteiger partial charge < -0.3 is 9.32 Å². The average Bonchev–Trinajstić information content (AvgIpc) is 2.94. The van der Waals surface area contributed by atoms with Crippen molar-refractivity contribution in [3.63, 3.8) is 0 Å². The Morgan fingerprint density at radius 3 is 3.18 bits per heavy atom. The lowest BCUT2D eigenvalue weighted by molar-refractivity contribution is 0.563. The predicted octanol–water partition coefficient (Wildman–Crippen LogP) is 3.16. The van der Waals surface area contributed by atoms with Gasteiger partial charge in [0.25, 0.3) is 6.01 Å². The lowest BCUT2D eigenvalue weighted by Gasteiger charge is -2.21. The summed E-state index contributed by atoms with van der Waals surface area (Å²) in [6.45, 7) is 1.07. The van der Waals surface area contributed by atoms with Crippen LogP contribution in [0.25, 0.3) is 11.1 Å². The highest BCUT2D eigenvalue weighted by atomic mass is 32.2. The van der Waals surface area contributed by atoms with E-state index in [4.69, 9.17) is 4.42 Å². The minimum atomic E-state index is 0.582. The van der Waals surface area contributed by atoms with E-state index in [0.717, 1.165) is 29.4 Å². The molecule has 3 nitrogen and oxygen atoms in total. The van der Waals surface area contributed by atoms with Crippen LogP contribution in [-0.2, 0) is 0 Å². The van der Waals surface area contributed by atoms with Crippen molar-refractivity contribution in [2.75, 3.05) is 23.5 Å². The number of hydrogen-bond acceptors (Lipinski definition) is 4. The van der Waals surface area contributed by atoms with Crippen molar-refractivity contribution in [3.8, 4) is 0 Å². The zero-order valence-electron chi connectivity index (χ0n) is 9.93. The van der Waals surface area contributed by atoms with E-state index < -0.39 is 0 Å². The third-order valence-electron chi connectivity index (χ3n) is 3.26. The van der Waals surface area contributed by atoms with Crippen LogP contribution in [0, 0.1) is 0 Å². The normalized spacial score (nSPS) is 20.3. The highest BCUT2D eigenvalue weighted by Gasteiger charge is 2.27. The lowest BCUT2D eigenvalue weighted by atomic mass is 10.2. The average molecular weight is 248 g/mol. The first kappa shape index (κ1) is 11.0. The van der Waals surface area contributed by atoms with Crippen LogP contribution >= 0.6 is 11.8 Å². The summed E-state index contributed by atoms with van der Waals surface area (Å²) in [6, 6.07) is 9.34. The van der Waals surface area contributed by atoms with Crippen LogP contribution in [-0.4, -0.2) is 29.6 Å². The fourth-order valence-corrected chi connectivity index (χ4v) is 3.17. The maximum absolute atomic E-state index is 5.83. The van der Waals surface area contributed by atoms with Crippen LogP contribution in [0.2, 0.25) is 0 Å². The molecular weight excluding hydrogens is 232 g/mol. The Labute approximate surface area is 105 Å². The summed E-state index contributed by atoms with van der Waals surface area (Å²) in [6.07, 6.45) is 4.64. The Balaban J connectivity index is 1.92. The van der Waals surface area contributed by atoms with Crippen molar-refractivity contribution in [1.82, 2.24) is 4.98 Å². The first-order chi connectivity index (χ1) is 8.38. The van der Waals surface area contributed by atoms with Crippen LogP contribution < -0.4 is 4.90 Å². The van der Waals surface area contributed by atoms with E-state index in [1.54, 1.807) is 0 Å². The van der Waals surface area contributed by atoms with E-state index in [2.05, 4.69) is 16.1 Å². The third-order valence-corrected chi connectivity index (χ3v) is 3.98. The summed E-state index contributed by atoms with van der Waals surface area (Å²) in [7, 11) is 0. The highest BCUT2D eigenvalue weighted by Crippen LogP contribution is 2.29. The van der Waals surface area contributed by atoms with Gasteiger partial charge in [0.05, 0.1) is 0 Å². The lowest BCUT2D eigenvalue weighted by Crippen LogP contribution is -2.31. The Hall–Kier alpha value is -1.16. The monoisotopic (exact) mass is 248 g/mol. The standard InChI is InChI=1S/C13H16N2OS/c1-17-9-10-5-4-8-15(10)13-14-11-6-2-3-7-12(11)16-13/h2-3,6-7,10H,4-5,8-9H2,1H3. The molecular formula is C13H16N2OS. The van der Waals surface area contributed by atoms with Crippen molar-refractivity contribution in [2.24, 2.45) is 0 Å². The quantitative estimate of drug-likeness (QED) is 0.834. The van der Waals surface area contributed by atoms with Gasteiger partial charge in [-0.15, -0.1) is 0 Å². The molecule has 0 aliphatic carbocycles. The van der Waals surface area contributed by atoms with Gasteiger partial charge in [-0.2, -0.15) is 16.7 Å². The molecule has 1 saturated heterocycles. The number of fused-ring (bicyclic) bond motifs is 1. The summed E-state index contributed by atoms with van der Waals surface area (Å²) in [5.41, 5.74) is 1.84. The largest absolute Gasteiger partial charge is 0.423 e. The number of oxazole rings is 1. The van der Waals surface area contributed by atoms with Gasteiger partial charge in [-0.25, -0.2) is 0 Å². The van der Waals surface area contributed by atoms with Gasteiger partial charge in [0.2, 0.25) is 0 Å². The van der Waals surface area contributed by atoms with E-state index in [1.165, 1.54) is 12.8 Å². The van der Waals surface area contributed by atoms with Gasteiger partial charge in [0.15, 0.2) is 5.58 Å². The van der Waals surface area contributed by atoms with E-state index in [-0.39, 0.29) is 0 Å². The first-order valence-corrected chi connectivity index (χ1v) is 7.39. The minimum absolute atomic E-state index is 0.582. The summed E-state index contributed by atoms with van der Waals surface area (Å²) in [5, 5.41) is 0. The summed E-state index contributed by atoms with van der Waals surface area (Å²) in [4.78, 5) is 6.89. The fourth-order valence-electron chi connectivity index (χ4n) is 2.44. The molecule has 0 radical (unpaired) electrons. The molecule has 1 unspecified atom stereocenters. The molecule has 1 aliphatic heterocycles. The Bertz CT molecular complexity index is 478. The van der Waals surface area contributed by atoms with Gasteiger partial charge in [-0.1, -0.05) is 12.1 Å². The molecule has 0 saturated carbocycles. The van der Waals surface area contributed by atoms with E-state index >= 15 is 0 Å². The zero-order chi connectivity index (χ0) is 11.7. The van der Waals surface area contributed by atoms with Crippen LogP contribution in [0.1, 0.15) is 12.8 Å². The molecule has 0 spiro atoms. The van der Waals surface area contributed by atoms with Crippen molar-refractivity contribution < 1.29 is 4.42 Å². The van der Waals surface area contributed by atoms with Gasteiger partial charge in [-0.05, 0) is 31.2 Å². The Kier molecular flexibility index (Phi) is 2.97. The first-order valence-electron chi connectivity index (χ1n) is 5.99. The number of benzene rings is 1. The van der Waals surface area contributed by atoms with Crippen molar-refractivity contribution in [2.45, 2.75) is 18.9 Å². The molecule has 0 amide bonds. The Morgan fingerprint density at radius 2 is 2.35 bits per heavy atom. The number of aromatic nitrogens is 1. The third kappa shape index (κ3) is 2.02. The molecule has 17 heavy (non-hydrogen) atoms. The second-order valence-electron chi connectivity index (χ2n) is 4.41. The van der Waals surface area contributed by atoms with Crippen molar-refractivity contribution in [1.29, 1.82) is 0 Å².